The molecule has 0 aromatic heterocycles. The summed E-state index contributed by atoms with van der Waals surface area (Å²) in [7, 11) is 0. The van der Waals surface area contributed by atoms with E-state index in [0.717, 1.165) is 0 Å². The summed E-state index contributed by atoms with van der Waals surface area (Å²) in [6.07, 6.45) is -0.737. The molecule has 0 aromatic carbocycles. The molecule has 0 unspecified atom stereocenters. The first-order chi connectivity index (χ1) is 8.16. The highest BCUT2D eigenvalue weighted by molar-refractivity contribution is 6.20. The lowest BCUT2D eigenvalue weighted by Gasteiger charge is -2.33. The van der Waals surface area contributed by atoms with Crippen LogP contribution in [-0.2, 0) is 14.3 Å². The van der Waals surface area contributed by atoms with Gasteiger partial charge in [0, 0.05) is 5.41 Å². The van der Waals surface area contributed by atoms with Gasteiger partial charge in [-0.25, -0.2) is 0 Å². The van der Waals surface area contributed by atoms with Crippen molar-refractivity contribution in [3.63, 3.8) is 0 Å². The van der Waals surface area contributed by atoms with Gasteiger partial charge in [0.1, 0.15) is 23.6 Å². The third-order valence-electron chi connectivity index (χ3n) is 3.42. The van der Waals surface area contributed by atoms with Crippen molar-refractivity contribution in [3.8, 4) is 0 Å². The normalized spacial score (nSPS) is 32.2. The highest BCUT2D eigenvalue weighted by Gasteiger charge is 2.55. The molecule has 18 heavy (non-hydrogen) atoms. The maximum Gasteiger partial charge on any atom is 0.263 e. The largest absolute Gasteiger partial charge is 0.509 e. The predicted octanol–water partition coefficient (Wildman–Crippen LogP) is 1.39. The summed E-state index contributed by atoms with van der Waals surface area (Å²) in [6.45, 7) is 8.98. The second-order valence-corrected chi connectivity index (χ2v) is 6.03. The second kappa shape index (κ2) is 3.82. The zero-order valence-corrected chi connectivity index (χ0v) is 11.4. The second-order valence-electron chi connectivity index (χ2n) is 6.03. The number of nitrogens with zero attached hydrogens (tertiary/aromatic N) is 1. The van der Waals surface area contributed by atoms with Crippen molar-refractivity contribution < 1.29 is 19.4 Å². The number of carbonyl (C=O) groups is 2. The van der Waals surface area contributed by atoms with Crippen LogP contribution < -0.4 is 0 Å². The molecule has 0 saturated carbocycles. The Balaban J connectivity index is 2.45. The molecule has 5 heteroatoms. The quantitative estimate of drug-likeness (QED) is 0.717. The molecule has 100 valence electrons. The number of carbonyl (C=O) groups excluding carboxylic acids is 2. The van der Waals surface area contributed by atoms with Crippen molar-refractivity contribution in [2.24, 2.45) is 5.41 Å². The molecule has 0 radical (unpaired) electrons. The molecule has 1 amide bonds. The fourth-order valence-corrected chi connectivity index (χ4v) is 2.64. The van der Waals surface area contributed by atoms with Crippen LogP contribution in [0.2, 0.25) is 0 Å². The summed E-state index contributed by atoms with van der Waals surface area (Å²) in [6, 6.07) is -0.527. The Morgan fingerprint density at radius 2 is 1.94 bits per heavy atom. The van der Waals surface area contributed by atoms with E-state index < -0.39 is 24.0 Å². The van der Waals surface area contributed by atoms with Crippen LogP contribution in [0.25, 0.3) is 0 Å². The minimum atomic E-state index is -0.527. The Morgan fingerprint density at radius 3 is 2.39 bits per heavy atom. The summed E-state index contributed by atoms with van der Waals surface area (Å²) in [5.74, 6) is -0.965. The highest BCUT2D eigenvalue weighted by atomic mass is 16.5. The van der Waals surface area contributed by atoms with E-state index in [4.69, 9.17) is 4.74 Å². The van der Waals surface area contributed by atoms with Crippen LogP contribution in [0.5, 0.6) is 0 Å². The Kier molecular flexibility index (Phi) is 2.77. The molecule has 1 N–H and O–H groups in total. The van der Waals surface area contributed by atoms with Gasteiger partial charge in [0.15, 0.2) is 5.78 Å². The van der Waals surface area contributed by atoms with E-state index in [9.17, 15) is 14.7 Å². The van der Waals surface area contributed by atoms with Crippen molar-refractivity contribution in [1.82, 2.24) is 4.90 Å². The van der Waals surface area contributed by atoms with Crippen molar-refractivity contribution in [3.05, 3.63) is 11.3 Å². The van der Waals surface area contributed by atoms with Gasteiger partial charge in [0.25, 0.3) is 5.91 Å². The highest BCUT2D eigenvalue weighted by Crippen LogP contribution is 2.42. The number of fused-ring (bicyclic) bond motifs is 1. The lowest BCUT2D eigenvalue weighted by molar-refractivity contribution is -0.139. The van der Waals surface area contributed by atoms with Crippen LogP contribution in [0.1, 0.15) is 34.6 Å². The molecule has 2 rings (SSSR count). The molecule has 5 nitrogen and oxygen atoms in total. The Labute approximate surface area is 106 Å². The van der Waals surface area contributed by atoms with Crippen LogP contribution in [0.15, 0.2) is 11.3 Å². The number of aliphatic hydroxyl groups excluding tert-OH is 1. The number of hydrogen-bond acceptors (Lipinski definition) is 4. The van der Waals surface area contributed by atoms with Gasteiger partial charge in [0.2, 0.25) is 0 Å². The van der Waals surface area contributed by atoms with E-state index in [0.29, 0.717) is 0 Å². The molecule has 2 heterocycles. The van der Waals surface area contributed by atoms with E-state index >= 15 is 0 Å². The van der Waals surface area contributed by atoms with Crippen molar-refractivity contribution >= 4 is 11.7 Å². The van der Waals surface area contributed by atoms with Gasteiger partial charge < -0.3 is 9.84 Å². The first-order valence-electron chi connectivity index (χ1n) is 6.08. The monoisotopic (exact) mass is 253 g/mol. The number of hydrogen-bond donors (Lipinski definition) is 1. The van der Waals surface area contributed by atoms with Gasteiger partial charge in [-0.05, 0) is 13.8 Å². The summed E-state index contributed by atoms with van der Waals surface area (Å²) in [5, 5.41) is 10.1. The SMILES string of the molecule is CC(=O)C1=C(O)[C@H]2[C@@H](C)O[C@H](C(C)(C)C)N2C1=O. The first-order valence-corrected chi connectivity index (χ1v) is 6.08. The Hall–Kier alpha value is -1.36. The molecular formula is C13H19NO4. The molecule has 2 aliphatic rings. The van der Waals surface area contributed by atoms with Gasteiger partial charge in [-0.2, -0.15) is 0 Å². The molecule has 1 saturated heterocycles. The van der Waals surface area contributed by atoms with Crippen LogP contribution >= 0.6 is 0 Å². The van der Waals surface area contributed by atoms with Gasteiger partial charge >= 0.3 is 0 Å². The standard InChI is InChI=1S/C13H19NO4/c1-6(15)8-10(16)9-7(2)18-12(13(3,4)5)14(9)11(8)17/h7,9,12,16H,1-5H3/t7-,9-,12-/m1/s1. The number of amides is 1. The van der Waals surface area contributed by atoms with Crippen LogP contribution in [0.3, 0.4) is 0 Å². The van der Waals surface area contributed by atoms with Gasteiger partial charge in [-0.15, -0.1) is 0 Å². The molecule has 0 aromatic rings. The van der Waals surface area contributed by atoms with Crippen LogP contribution in [0, 0.1) is 5.41 Å². The number of Topliss-reactive ketones (excluding diaryl/α,β-unsaturated/α-hetero) is 1. The summed E-state index contributed by atoms with van der Waals surface area (Å²) in [5.41, 5.74) is -0.366. The van der Waals surface area contributed by atoms with Crippen LogP contribution in [-0.4, -0.2) is 40.1 Å². The lowest BCUT2D eigenvalue weighted by atomic mass is 9.93. The minimum absolute atomic E-state index is 0.0931. The number of ether oxygens (including phenoxy) is 1. The molecule has 0 spiro atoms. The zero-order chi connectivity index (χ0) is 13.8. The van der Waals surface area contributed by atoms with E-state index in [1.54, 1.807) is 6.92 Å². The van der Waals surface area contributed by atoms with Gasteiger partial charge in [-0.1, -0.05) is 20.8 Å². The Morgan fingerprint density at radius 1 is 1.39 bits per heavy atom. The first kappa shape index (κ1) is 13.1. The molecule has 1 fully saturated rings. The molecule has 2 aliphatic heterocycles. The van der Waals surface area contributed by atoms with E-state index in [1.165, 1.54) is 11.8 Å². The molecule has 0 bridgehead atoms. The summed E-state index contributed by atoms with van der Waals surface area (Å²) < 4.78 is 5.76. The average Bonchev–Trinajstić information content (AvgIpc) is 2.65. The van der Waals surface area contributed by atoms with E-state index in [2.05, 4.69) is 0 Å². The number of ketones is 1. The maximum atomic E-state index is 12.2. The minimum Gasteiger partial charge on any atom is -0.509 e. The Bertz CT molecular complexity index is 446. The molecule has 0 aliphatic carbocycles. The molecular weight excluding hydrogens is 234 g/mol. The summed E-state index contributed by atoms with van der Waals surface area (Å²) >= 11 is 0. The van der Waals surface area contributed by atoms with E-state index in [1.807, 2.05) is 20.8 Å². The fraction of sp³-hybridized carbons (Fsp3) is 0.692. The number of rotatable bonds is 1. The van der Waals surface area contributed by atoms with Crippen molar-refractivity contribution in [1.29, 1.82) is 0 Å². The topological polar surface area (TPSA) is 66.8 Å². The third kappa shape index (κ3) is 1.65. The van der Waals surface area contributed by atoms with Crippen LogP contribution in [0.4, 0.5) is 0 Å². The van der Waals surface area contributed by atoms with Gasteiger partial charge in [-0.3, -0.25) is 14.5 Å². The lowest BCUT2D eigenvalue weighted by Crippen LogP contribution is -2.45. The van der Waals surface area contributed by atoms with Crippen molar-refractivity contribution in [2.75, 3.05) is 0 Å². The zero-order valence-electron chi connectivity index (χ0n) is 11.4. The smallest absolute Gasteiger partial charge is 0.263 e. The summed E-state index contributed by atoms with van der Waals surface area (Å²) in [4.78, 5) is 25.2. The third-order valence-corrected chi connectivity index (χ3v) is 3.42. The molecule has 3 atom stereocenters. The average molecular weight is 253 g/mol. The number of aliphatic hydroxyl groups is 1. The predicted molar refractivity (Wildman–Crippen MR) is 64.8 cm³/mol. The fourth-order valence-electron chi connectivity index (χ4n) is 2.64. The van der Waals surface area contributed by atoms with Crippen molar-refractivity contribution in [2.45, 2.75) is 53.0 Å². The van der Waals surface area contributed by atoms with E-state index in [-0.39, 0.29) is 22.9 Å². The maximum absolute atomic E-state index is 12.2. The van der Waals surface area contributed by atoms with Gasteiger partial charge in [0.05, 0.1) is 6.10 Å².